The molecule has 21 heavy (non-hydrogen) atoms. The molecule has 0 N–H and O–H groups in total. The second-order valence-corrected chi connectivity index (χ2v) is 6.01. The SMILES string of the molecule is Cc1ccn(C(=O)c2cnsn2)c(=NC2CCCCC2)c1. The fourth-order valence-corrected chi connectivity index (χ4v) is 3.05. The van der Waals surface area contributed by atoms with Crippen LogP contribution in [0.2, 0.25) is 0 Å². The van der Waals surface area contributed by atoms with Crippen molar-refractivity contribution < 1.29 is 4.79 Å². The molecule has 1 saturated carbocycles. The molecule has 2 aromatic rings. The lowest BCUT2D eigenvalue weighted by Gasteiger charge is -2.17. The van der Waals surface area contributed by atoms with Gasteiger partial charge in [-0.3, -0.25) is 14.4 Å². The standard InChI is InChI=1S/C15H18N4OS/c1-11-7-8-19(15(20)13-10-16-21-18-13)14(9-11)17-12-5-3-2-4-6-12/h7-10,12H,2-6H2,1H3. The molecule has 0 atom stereocenters. The summed E-state index contributed by atoms with van der Waals surface area (Å²) >= 11 is 1.04. The average molecular weight is 302 g/mol. The maximum atomic E-state index is 12.5. The number of nitrogens with zero attached hydrogens (tertiary/aromatic N) is 4. The lowest BCUT2D eigenvalue weighted by molar-refractivity contribution is 0.0950. The number of aryl methyl sites for hydroxylation is 1. The van der Waals surface area contributed by atoms with Crippen molar-refractivity contribution in [3.05, 3.63) is 41.3 Å². The van der Waals surface area contributed by atoms with E-state index < -0.39 is 0 Å². The van der Waals surface area contributed by atoms with Crippen LogP contribution in [0.3, 0.4) is 0 Å². The van der Waals surface area contributed by atoms with Gasteiger partial charge >= 0.3 is 0 Å². The van der Waals surface area contributed by atoms with E-state index in [1.165, 1.54) is 25.5 Å². The summed E-state index contributed by atoms with van der Waals surface area (Å²) in [4.78, 5) is 17.3. The van der Waals surface area contributed by atoms with Crippen LogP contribution in [-0.4, -0.2) is 25.3 Å². The highest BCUT2D eigenvalue weighted by Crippen LogP contribution is 2.19. The minimum Gasteiger partial charge on any atom is -0.266 e. The Morgan fingerprint density at radius 1 is 1.38 bits per heavy atom. The number of pyridine rings is 1. The molecule has 0 radical (unpaired) electrons. The van der Waals surface area contributed by atoms with Gasteiger partial charge in [-0.25, -0.2) is 0 Å². The van der Waals surface area contributed by atoms with E-state index in [1.807, 2.05) is 19.1 Å². The molecule has 110 valence electrons. The molecule has 0 amide bonds. The molecule has 0 saturated heterocycles. The Balaban J connectivity index is 2.00. The van der Waals surface area contributed by atoms with Gasteiger partial charge in [0.15, 0.2) is 5.69 Å². The van der Waals surface area contributed by atoms with Gasteiger partial charge in [0.1, 0.15) is 5.49 Å². The molecule has 1 aliphatic rings. The van der Waals surface area contributed by atoms with Crippen LogP contribution in [0.15, 0.2) is 29.5 Å². The van der Waals surface area contributed by atoms with Crippen LogP contribution in [0.25, 0.3) is 0 Å². The van der Waals surface area contributed by atoms with Crippen LogP contribution in [0.1, 0.15) is 48.2 Å². The van der Waals surface area contributed by atoms with E-state index in [0.29, 0.717) is 11.7 Å². The van der Waals surface area contributed by atoms with Crippen LogP contribution in [0, 0.1) is 6.92 Å². The van der Waals surface area contributed by atoms with Crippen molar-refractivity contribution in [3.63, 3.8) is 0 Å². The van der Waals surface area contributed by atoms with Gasteiger partial charge in [-0.15, -0.1) is 0 Å². The van der Waals surface area contributed by atoms with Gasteiger partial charge in [0, 0.05) is 6.20 Å². The highest BCUT2D eigenvalue weighted by atomic mass is 32.1. The second-order valence-electron chi connectivity index (χ2n) is 5.45. The van der Waals surface area contributed by atoms with Gasteiger partial charge in [-0.2, -0.15) is 8.75 Å². The first kappa shape index (κ1) is 14.1. The van der Waals surface area contributed by atoms with Gasteiger partial charge in [-0.05, 0) is 37.5 Å². The number of carbonyl (C=O) groups is 1. The summed E-state index contributed by atoms with van der Waals surface area (Å²) in [5.41, 5.74) is 2.19. The minimum atomic E-state index is -0.168. The molecule has 0 aromatic carbocycles. The van der Waals surface area contributed by atoms with Crippen LogP contribution >= 0.6 is 11.7 Å². The van der Waals surface area contributed by atoms with Gasteiger partial charge in [0.25, 0.3) is 5.91 Å². The molecule has 2 aromatic heterocycles. The Bertz CT molecular complexity index is 684. The zero-order valence-corrected chi connectivity index (χ0v) is 12.8. The van der Waals surface area contributed by atoms with Crippen molar-refractivity contribution in [1.29, 1.82) is 0 Å². The fourth-order valence-electron chi connectivity index (χ4n) is 2.64. The van der Waals surface area contributed by atoms with Crippen molar-refractivity contribution in [2.45, 2.75) is 45.1 Å². The Labute approximate surface area is 127 Å². The Morgan fingerprint density at radius 2 is 2.19 bits per heavy atom. The first-order valence-electron chi connectivity index (χ1n) is 7.29. The summed E-state index contributed by atoms with van der Waals surface area (Å²) in [6, 6.07) is 4.21. The zero-order chi connectivity index (χ0) is 14.7. The first-order valence-corrected chi connectivity index (χ1v) is 8.02. The van der Waals surface area contributed by atoms with E-state index in [4.69, 9.17) is 4.99 Å². The molecule has 0 unspecified atom stereocenters. The minimum absolute atomic E-state index is 0.168. The Morgan fingerprint density at radius 3 is 2.90 bits per heavy atom. The molecule has 0 spiro atoms. The van der Waals surface area contributed by atoms with E-state index in [2.05, 4.69) is 8.75 Å². The van der Waals surface area contributed by atoms with E-state index in [1.54, 1.807) is 10.8 Å². The van der Waals surface area contributed by atoms with Crippen molar-refractivity contribution >= 4 is 17.6 Å². The normalized spacial score (nSPS) is 17.1. The Kier molecular flexibility index (Phi) is 4.24. The number of aromatic nitrogens is 3. The zero-order valence-electron chi connectivity index (χ0n) is 12.0. The molecule has 5 nitrogen and oxygen atoms in total. The van der Waals surface area contributed by atoms with Crippen molar-refractivity contribution in [2.24, 2.45) is 4.99 Å². The van der Waals surface area contributed by atoms with E-state index in [9.17, 15) is 4.79 Å². The molecule has 6 heteroatoms. The quantitative estimate of drug-likeness (QED) is 0.856. The lowest BCUT2D eigenvalue weighted by Crippen LogP contribution is -2.30. The van der Waals surface area contributed by atoms with E-state index in [-0.39, 0.29) is 5.91 Å². The molecule has 0 aliphatic heterocycles. The van der Waals surface area contributed by atoms with E-state index in [0.717, 1.165) is 35.6 Å². The summed E-state index contributed by atoms with van der Waals surface area (Å²) < 4.78 is 9.50. The second kappa shape index (κ2) is 6.30. The predicted molar refractivity (Wildman–Crippen MR) is 81.2 cm³/mol. The number of hydrogen-bond donors (Lipinski definition) is 0. The third-order valence-corrected chi connectivity index (χ3v) is 4.26. The van der Waals surface area contributed by atoms with Gasteiger partial charge < -0.3 is 0 Å². The third-order valence-electron chi connectivity index (χ3n) is 3.78. The maximum absolute atomic E-state index is 12.5. The molecular weight excluding hydrogens is 284 g/mol. The molecule has 2 heterocycles. The maximum Gasteiger partial charge on any atom is 0.284 e. The lowest BCUT2D eigenvalue weighted by atomic mass is 9.96. The first-order chi connectivity index (χ1) is 10.2. The van der Waals surface area contributed by atoms with Crippen molar-refractivity contribution in [1.82, 2.24) is 13.3 Å². The molecular formula is C15H18N4OS. The summed E-state index contributed by atoms with van der Waals surface area (Å²) in [7, 11) is 0. The monoisotopic (exact) mass is 302 g/mol. The Hall–Kier alpha value is -1.82. The van der Waals surface area contributed by atoms with Crippen LogP contribution in [0.5, 0.6) is 0 Å². The van der Waals surface area contributed by atoms with Gasteiger partial charge in [0.05, 0.1) is 24.0 Å². The molecule has 1 aliphatic carbocycles. The summed E-state index contributed by atoms with van der Waals surface area (Å²) in [6.07, 6.45) is 9.25. The fraction of sp³-hybridized carbons (Fsp3) is 0.467. The summed E-state index contributed by atoms with van der Waals surface area (Å²) in [5.74, 6) is -0.168. The number of hydrogen-bond acceptors (Lipinski definition) is 5. The third kappa shape index (κ3) is 3.26. The smallest absolute Gasteiger partial charge is 0.266 e. The molecule has 0 bridgehead atoms. The van der Waals surface area contributed by atoms with Crippen molar-refractivity contribution in [2.75, 3.05) is 0 Å². The van der Waals surface area contributed by atoms with Gasteiger partial charge in [-0.1, -0.05) is 19.3 Å². The highest BCUT2D eigenvalue weighted by molar-refractivity contribution is 6.99. The molecule has 3 rings (SSSR count). The molecule has 1 fully saturated rings. The average Bonchev–Trinajstić information content (AvgIpc) is 3.02. The van der Waals surface area contributed by atoms with Crippen molar-refractivity contribution in [3.8, 4) is 0 Å². The predicted octanol–water partition coefficient (Wildman–Crippen LogP) is 2.57. The topological polar surface area (TPSA) is 60.1 Å². The van der Waals surface area contributed by atoms with Crippen LogP contribution in [0.4, 0.5) is 0 Å². The number of rotatable bonds is 2. The van der Waals surface area contributed by atoms with E-state index >= 15 is 0 Å². The van der Waals surface area contributed by atoms with Crippen LogP contribution in [-0.2, 0) is 0 Å². The summed E-state index contributed by atoms with van der Waals surface area (Å²) in [5, 5.41) is 0. The number of carbonyl (C=O) groups excluding carboxylic acids is 1. The summed E-state index contributed by atoms with van der Waals surface area (Å²) in [6.45, 7) is 2.01. The largest absolute Gasteiger partial charge is 0.284 e. The van der Waals surface area contributed by atoms with Crippen LogP contribution < -0.4 is 5.49 Å². The van der Waals surface area contributed by atoms with Gasteiger partial charge in [0.2, 0.25) is 0 Å². The highest BCUT2D eigenvalue weighted by Gasteiger charge is 2.15.